The molecule has 35 heavy (non-hydrogen) atoms. The second kappa shape index (κ2) is 9.46. The molecule has 0 saturated carbocycles. The molecule has 2 aromatic heterocycles. The molecular formula is C26H23N3O6. The lowest BCUT2D eigenvalue weighted by Crippen LogP contribution is -2.42. The van der Waals surface area contributed by atoms with Crippen LogP contribution in [0.4, 0.5) is 0 Å². The predicted molar refractivity (Wildman–Crippen MR) is 126 cm³/mol. The van der Waals surface area contributed by atoms with Crippen molar-refractivity contribution >= 4 is 23.0 Å². The lowest BCUT2D eigenvalue weighted by Gasteiger charge is -2.26. The minimum atomic E-state index is -0.668. The summed E-state index contributed by atoms with van der Waals surface area (Å²) in [6.07, 6.45) is -0.346. The SMILES string of the molecule is Cc1ccc(-c2cc(C(=O)OCC(=O)NCC3COc4ccccc4O3)c3c(C)noc3n2)cc1. The molecule has 0 bridgehead atoms. The standard InChI is InChI=1S/C26H23N3O6/c1-15-7-9-17(10-8-15)20-11-19(24-16(2)29-35-25(24)28-20)26(31)33-14-23(30)27-12-18-13-32-21-5-3-4-6-22(21)34-18/h3-11,18H,12-14H2,1-2H3,(H,27,30). The van der Waals surface area contributed by atoms with Gasteiger partial charge in [0.1, 0.15) is 12.7 Å². The van der Waals surface area contributed by atoms with E-state index in [1.165, 1.54) is 0 Å². The van der Waals surface area contributed by atoms with Crippen molar-refractivity contribution in [1.82, 2.24) is 15.5 Å². The number of aromatic nitrogens is 2. The van der Waals surface area contributed by atoms with Gasteiger partial charge in [0.25, 0.3) is 11.6 Å². The number of nitrogens with zero attached hydrogens (tertiary/aromatic N) is 2. The van der Waals surface area contributed by atoms with Gasteiger partial charge in [-0.2, -0.15) is 0 Å². The van der Waals surface area contributed by atoms with Crippen LogP contribution in [-0.2, 0) is 9.53 Å². The van der Waals surface area contributed by atoms with Crippen molar-refractivity contribution < 1.29 is 28.3 Å². The molecule has 1 aliphatic rings. The third kappa shape index (κ3) is 4.79. The van der Waals surface area contributed by atoms with Crippen LogP contribution in [0, 0.1) is 13.8 Å². The Morgan fingerprint density at radius 2 is 1.86 bits per heavy atom. The molecule has 9 heteroatoms. The zero-order valence-electron chi connectivity index (χ0n) is 19.2. The van der Waals surface area contributed by atoms with E-state index >= 15 is 0 Å². The molecule has 178 valence electrons. The van der Waals surface area contributed by atoms with Gasteiger partial charge < -0.3 is 24.1 Å². The number of esters is 1. The van der Waals surface area contributed by atoms with Crippen LogP contribution in [0.3, 0.4) is 0 Å². The maximum absolute atomic E-state index is 13.0. The zero-order valence-corrected chi connectivity index (χ0v) is 19.2. The van der Waals surface area contributed by atoms with Crippen molar-refractivity contribution in [2.45, 2.75) is 20.0 Å². The fraction of sp³-hybridized carbons (Fsp3) is 0.231. The average Bonchev–Trinajstić information content (AvgIpc) is 3.26. The Labute approximate surface area is 201 Å². The number of rotatable bonds is 6. The van der Waals surface area contributed by atoms with Crippen LogP contribution in [0.5, 0.6) is 11.5 Å². The number of pyridine rings is 1. The first-order valence-electron chi connectivity index (χ1n) is 11.1. The van der Waals surface area contributed by atoms with Gasteiger partial charge in [-0.1, -0.05) is 47.1 Å². The first kappa shape index (κ1) is 22.4. The maximum Gasteiger partial charge on any atom is 0.339 e. The number of hydrogen-bond donors (Lipinski definition) is 1. The quantitative estimate of drug-likeness (QED) is 0.423. The number of aryl methyl sites for hydroxylation is 2. The Bertz CT molecular complexity index is 1400. The molecule has 0 aliphatic carbocycles. The molecule has 4 aromatic rings. The van der Waals surface area contributed by atoms with Gasteiger partial charge in [-0.25, -0.2) is 9.78 Å². The normalized spacial score (nSPS) is 14.5. The van der Waals surface area contributed by atoms with Crippen LogP contribution in [0.25, 0.3) is 22.4 Å². The molecule has 2 aromatic carbocycles. The summed E-state index contributed by atoms with van der Waals surface area (Å²) in [5, 5.41) is 7.10. The summed E-state index contributed by atoms with van der Waals surface area (Å²) in [5.74, 6) is 0.173. The summed E-state index contributed by atoms with van der Waals surface area (Å²) in [5.41, 5.74) is 3.43. The Hall–Kier alpha value is -4.40. The van der Waals surface area contributed by atoms with Gasteiger partial charge in [0, 0.05) is 5.56 Å². The Balaban J connectivity index is 1.24. The molecule has 1 N–H and O–H groups in total. The van der Waals surface area contributed by atoms with Crippen LogP contribution in [0.1, 0.15) is 21.6 Å². The summed E-state index contributed by atoms with van der Waals surface area (Å²) in [6.45, 7) is 3.78. The van der Waals surface area contributed by atoms with Crippen LogP contribution in [0.15, 0.2) is 59.1 Å². The van der Waals surface area contributed by atoms with Crippen molar-refractivity contribution in [2.75, 3.05) is 19.8 Å². The molecular weight excluding hydrogens is 450 g/mol. The number of nitrogens with one attached hydrogen (secondary N) is 1. The number of benzene rings is 2. The van der Waals surface area contributed by atoms with Gasteiger partial charge in [0.15, 0.2) is 18.1 Å². The van der Waals surface area contributed by atoms with Crippen molar-refractivity contribution in [3.05, 3.63) is 71.4 Å². The summed E-state index contributed by atoms with van der Waals surface area (Å²) < 4.78 is 22.1. The van der Waals surface area contributed by atoms with Crippen LogP contribution < -0.4 is 14.8 Å². The lowest BCUT2D eigenvalue weighted by atomic mass is 10.0. The van der Waals surface area contributed by atoms with Gasteiger partial charge >= 0.3 is 5.97 Å². The summed E-state index contributed by atoms with van der Waals surface area (Å²) in [6, 6.07) is 16.7. The van der Waals surface area contributed by atoms with Crippen molar-refractivity contribution in [2.24, 2.45) is 0 Å². The number of para-hydroxylation sites is 2. The van der Waals surface area contributed by atoms with E-state index in [9.17, 15) is 9.59 Å². The van der Waals surface area contributed by atoms with Crippen molar-refractivity contribution in [3.8, 4) is 22.8 Å². The Morgan fingerprint density at radius 3 is 2.66 bits per heavy atom. The van der Waals surface area contributed by atoms with E-state index in [1.54, 1.807) is 19.1 Å². The topological polar surface area (TPSA) is 113 Å². The van der Waals surface area contributed by atoms with E-state index in [0.717, 1.165) is 11.1 Å². The monoisotopic (exact) mass is 473 g/mol. The molecule has 1 amide bonds. The highest BCUT2D eigenvalue weighted by atomic mass is 16.6. The van der Waals surface area contributed by atoms with E-state index in [-0.39, 0.29) is 23.9 Å². The summed E-state index contributed by atoms with van der Waals surface area (Å²) in [7, 11) is 0. The molecule has 1 unspecified atom stereocenters. The molecule has 9 nitrogen and oxygen atoms in total. The number of carbonyl (C=O) groups excluding carboxylic acids is 2. The molecule has 5 rings (SSSR count). The molecule has 0 saturated heterocycles. The van der Waals surface area contributed by atoms with Gasteiger partial charge in [0.2, 0.25) is 0 Å². The number of amides is 1. The largest absolute Gasteiger partial charge is 0.486 e. The Morgan fingerprint density at radius 1 is 1.09 bits per heavy atom. The number of ether oxygens (including phenoxy) is 3. The number of carbonyl (C=O) groups is 2. The van der Waals surface area contributed by atoms with Crippen molar-refractivity contribution in [1.29, 1.82) is 0 Å². The van der Waals surface area contributed by atoms with Crippen molar-refractivity contribution in [3.63, 3.8) is 0 Å². The number of hydrogen-bond acceptors (Lipinski definition) is 8. The maximum atomic E-state index is 13.0. The van der Waals surface area contributed by atoms with Gasteiger partial charge in [-0.3, -0.25) is 4.79 Å². The van der Waals surface area contributed by atoms with E-state index in [1.807, 2.05) is 49.4 Å². The molecule has 0 spiro atoms. The minimum Gasteiger partial charge on any atom is -0.486 e. The predicted octanol–water partition coefficient (Wildman–Crippen LogP) is 3.62. The molecule has 0 fully saturated rings. The first-order chi connectivity index (χ1) is 17.0. The second-order valence-corrected chi connectivity index (χ2v) is 8.25. The van der Waals surface area contributed by atoms with Gasteiger partial charge in [-0.15, -0.1) is 0 Å². The van der Waals surface area contributed by atoms with E-state index in [4.69, 9.17) is 18.7 Å². The summed E-state index contributed by atoms with van der Waals surface area (Å²) in [4.78, 5) is 29.8. The van der Waals surface area contributed by atoms with Crippen LogP contribution in [-0.4, -0.2) is 47.9 Å². The van der Waals surface area contributed by atoms with Crippen LogP contribution >= 0.6 is 0 Å². The molecule has 3 heterocycles. The fourth-order valence-corrected chi connectivity index (χ4v) is 3.78. The number of fused-ring (bicyclic) bond motifs is 2. The highest BCUT2D eigenvalue weighted by molar-refractivity contribution is 6.04. The highest BCUT2D eigenvalue weighted by Gasteiger charge is 2.23. The van der Waals surface area contributed by atoms with Crippen LogP contribution in [0.2, 0.25) is 0 Å². The van der Waals surface area contributed by atoms with E-state index in [2.05, 4.69) is 15.5 Å². The minimum absolute atomic E-state index is 0.215. The first-order valence-corrected chi connectivity index (χ1v) is 11.1. The average molecular weight is 473 g/mol. The van der Waals surface area contributed by atoms with Gasteiger partial charge in [0.05, 0.1) is 28.9 Å². The fourth-order valence-electron chi connectivity index (χ4n) is 3.78. The van der Waals surface area contributed by atoms with Gasteiger partial charge in [-0.05, 0) is 32.0 Å². The Kier molecular flexibility index (Phi) is 6.05. The molecule has 1 aliphatic heterocycles. The van der Waals surface area contributed by atoms with E-state index in [0.29, 0.717) is 34.9 Å². The van der Waals surface area contributed by atoms with E-state index < -0.39 is 18.5 Å². The third-order valence-electron chi connectivity index (χ3n) is 5.61. The smallest absolute Gasteiger partial charge is 0.339 e. The third-order valence-corrected chi connectivity index (χ3v) is 5.61. The second-order valence-electron chi connectivity index (χ2n) is 8.25. The zero-order chi connectivity index (χ0) is 24.4. The highest BCUT2D eigenvalue weighted by Crippen LogP contribution is 2.31. The molecule has 0 radical (unpaired) electrons. The summed E-state index contributed by atoms with van der Waals surface area (Å²) >= 11 is 0. The molecule has 1 atom stereocenters. The lowest BCUT2D eigenvalue weighted by molar-refractivity contribution is -0.124.